The van der Waals surface area contributed by atoms with Crippen LogP contribution in [0.1, 0.15) is 26.3 Å². The first-order valence-electron chi connectivity index (χ1n) is 4.89. The maximum atomic E-state index is 11.7. The van der Waals surface area contributed by atoms with Gasteiger partial charge in [0, 0.05) is 5.56 Å². The van der Waals surface area contributed by atoms with Gasteiger partial charge >= 0.3 is 0 Å². The van der Waals surface area contributed by atoms with Gasteiger partial charge in [0.2, 0.25) is 5.91 Å². The molecule has 1 heterocycles. The molecule has 0 radical (unpaired) electrons. The van der Waals surface area contributed by atoms with Gasteiger partial charge in [-0.1, -0.05) is 20.8 Å². The van der Waals surface area contributed by atoms with Crippen molar-refractivity contribution in [3.05, 3.63) is 11.8 Å². The van der Waals surface area contributed by atoms with E-state index in [9.17, 15) is 4.79 Å². The standard InChI is InChI=1S/C10H18N4O/c1-6-5-12-14-8(6)13-9(15)7(11)10(2,3)4/h5,7H,11H2,1-4H3,(H2,12,13,14,15). The molecule has 0 aliphatic carbocycles. The SMILES string of the molecule is Cc1cn[nH]c1NC(=O)C(N)C(C)(C)C. The number of carbonyl (C=O) groups excluding carboxylic acids is 1. The van der Waals surface area contributed by atoms with E-state index in [0.717, 1.165) is 5.56 Å². The van der Waals surface area contributed by atoms with Gasteiger partial charge in [0.15, 0.2) is 0 Å². The predicted molar refractivity (Wildman–Crippen MR) is 59.4 cm³/mol. The number of nitrogens with two attached hydrogens (primary N) is 1. The molecule has 1 amide bonds. The van der Waals surface area contributed by atoms with Crippen LogP contribution in [0.2, 0.25) is 0 Å². The molecule has 5 nitrogen and oxygen atoms in total. The molecule has 0 saturated heterocycles. The molecule has 1 aromatic heterocycles. The molecule has 1 unspecified atom stereocenters. The summed E-state index contributed by atoms with van der Waals surface area (Å²) in [6.45, 7) is 7.65. The Morgan fingerprint density at radius 2 is 2.20 bits per heavy atom. The first kappa shape index (κ1) is 11.7. The van der Waals surface area contributed by atoms with Crippen LogP contribution in [0.25, 0.3) is 0 Å². The van der Waals surface area contributed by atoms with Crippen molar-refractivity contribution in [3.63, 3.8) is 0 Å². The van der Waals surface area contributed by atoms with Gasteiger partial charge in [-0.2, -0.15) is 5.10 Å². The van der Waals surface area contributed by atoms with E-state index in [2.05, 4.69) is 15.5 Å². The van der Waals surface area contributed by atoms with Crippen LogP contribution in [0.4, 0.5) is 5.82 Å². The normalized spacial score (nSPS) is 13.7. The monoisotopic (exact) mass is 210 g/mol. The van der Waals surface area contributed by atoms with Crippen molar-refractivity contribution in [1.82, 2.24) is 10.2 Å². The minimum atomic E-state index is -0.541. The number of rotatable bonds is 2. The molecule has 1 aromatic rings. The van der Waals surface area contributed by atoms with Crippen molar-refractivity contribution < 1.29 is 4.79 Å². The molecule has 1 atom stereocenters. The van der Waals surface area contributed by atoms with Crippen molar-refractivity contribution in [2.24, 2.45) is 11.1 Å². The summed E-state index contributed by atoms with van der Waals surface area (Å²) in [7, 11) is 0. The highest BCUT2D eigenvalue weighted by molar-refractivity contribution is 5.94. The molecule has 0 aromatic carbocycles. The molecular formula is C10H18N4O. The van der Waals surface area contributed by atoms with Crippen molar-refractivity contribution in [2.45, 2.75) is 33.7 Å². The third-order valence-electron chi connectivity index (χ3n) is 2.29. The third-order valence-corrected chi connectivity index (χ3v) is 2.29. The van der Waals surface area contributed by atoms with E-state index in [4.69, 9.17) is 5.73 Å². The summed E-state index contributed by atoms with van der Waals surface area (Å²) in [6.07, 6.45) is 1.65. The van der Waals surface area contributed by atoms with Crippen molar-refractivity contribution in [1.29, 1.82) is 0 Å². The van der Waals surface area contributed by atoms with E-state index in [1.807, 2.05) is 27.7 Å². The lowest BCUT2D eigenvalue weighted by Gasteiger charge is -2.25. The summed E-state index contributed by atoms with van der Waals surface area (Å²) >= 11 is 0. The summed E-state index contributed by atoms with van der Waals surface area (Å²) in [6, 6.07) is -0.541. The van der Waals surface area contributed by atoms with Gasteiger partial charge in [-0.3, -0.25) is 9.89 Å². The van der Waals surface area contributed by atoms with Crippen molar-refractivity contribution >= 4 is 11.7 Å². The van der Waals surface area contributed by atoms with Gasteiger partial charge in [0.1, 0.15) is 5.82 Å². The Morgan fingerprint density at radius 1 is 1.60 bits per heavy atom. The molecule has 0 bridgehead atoms. The summed E-state index contributed by atoms with van der Waals surface area (Å²) in [5.41, 5.74) is 6.46. The lowest BCUT2D eigenvalue weighted by atomic mass is 9.87. The Morgan fingerprint density at radius 3 is 2.60 bits per heavy atom. The molecule has 5 heteroatoms. The molecule has 0 spiro atoms. The highest BCUT2D eigenvalue weighted by Crippen LogP contribution is 2.19. The second-order valence-corrected chi connectivity index (χ2v) is 4.76. The summed E-state index contributed by atoms with van der Waals surface area (Å²) < 4.78 is 0. The number of hydrogen-bond donors (Lipinski definition) is 3. The van der Waals surface area contributed by atoms with Gasteiger partial charge in [-0.05, 0) is 12.3 Å². The molecule has 0 aliphatic rings. The third kappa shape index (κ3) is 2.79. The van der Waals surface area contributed by atoms with Gasteiger partial charge in [0.25, 0.3) is 0 Å². The van der Waals surface area contributed by atoms with E-state index >= 15 is 0 Å². The second-order valence-electron chi connectivity index (χ2n) is 4.76. The van der Waals surface area contributed by atoms with Crippen LogP contribution < -0.4 is 11.1 Å². The van der Waals surface area contributed by atoms with Gasteiger partial charge in [-0.15, -0.1) is 0 Å². The zero-order chi connectivity index (χ0) is 11.6. The van der Waals surface area contributed by atoms with Crippen LogP contribution in [0.3, 0.4) is 0 Å². The largest absolute Gasteiger partial charge is 0.319 e. The van der Waals surface area contributed by atoms with Crippen LogP contribution in [0, 0.1) is 12.3 Å². The lowest BCUT2D eigenvalue weighted by molar-refractivity contribution is -0.119. The zero-order valence-electron chi connectivity index (χ0n) is 9.59. The highest BCUT2D eigenvalue weighted by atomic mass is 16.2. The molecule has 1 rings (SSSR count). The first-order chi connectivity index (χ1) is 6.82. The smallest absolute Gasteiger partial charge is 0.242 e. The Labute approximate surface area is 89.4 Å². The minimum absolute atomic E-state index is 0.199. The number of hydrogen-bond acceptors (Lipinski definition) is 3. The van der Waals surface area contributed by atoms with E-state index < -0.39 is 6.04 Å². The van der Waals surface area contributed by atoms with E-state index in [1.54, 1.807) is 6.20 Å². The van der Waals surface area contributed by atoms with E-state index in [0.29, 0.717) is 5.82 Å². The topological polar surface area (TPSA) is 83.8 Å². The fraction of sp³-hybridized carbons (Fsp3) is 0.600. The number of amides is 1. The molecular weight excluding hydrogens is 192 g/mol. The predicted octanol–water partition coefficient (Wildman–Crippen LogP) is 1.03. The van der Waals surface area contributed by atoms with E-state index in [1.165, 1.54) is 0 Å². The van der Waals surface area contributed by atoms with Crippen molar-refractivity contribution in [2.75, 3.05) is 5.32 Å². The number of aromatic nitrogens is 2. The Kier molecular flexibility index (Phi) is 3.14. The molecule has 4 N–H and O–H groups in total. The number of carbonyl (C=O) groups is 1. The Hall–Kier alpha value is -1.36. The van der Waals surface area contributed by atoms with E-state index in [-0.39, 0.29) is 11.3 Å². The quantitative estimate of drug-likeness (QED) is 0.681. The number of nitrogens with one attached hydrogen (secondary N) is 2. The lowest BCUT2D eigenvalue weighted by Crippen LogP contribution is -2.45. The van der Waals surface area contributed by atoms with Crippen LogP contribution in [-0.2, 0) is 4.79 Å². The fourth-order valence-electron chi connectivity index (χ4n) is 1.07. The van der Waals surface area contributed by atoms with Gasteiger partial charge < -0.3 is 11.1 Å². The second kappa shape index (κ2) is 4.02. The molecule has 0 saturated carbocycles. The maximum absolute atomic E-state index is 11.7. The highest BCUT2D eigenvalue weighted by Gasteiger charge is 2.27. The van der Waals surface area contributed by atoms with Gasteiger partial charge in [-0.25, -0.2) is 0 Å². The maximum Gasteiger partial charge on any atom is 0.242 e. The number of H-pyrrole nitrogens is 1. The summed E-state index contributed by atoms with van der Waals surface area (Å²) in [4.78, 5) is 11.7. The first-order valence-corrected chi connectivity index (χ1v) is 4.89. The molecule has 0 fully saturated rings. The number of anilines is 1. The molecule has 0 aliphatic heterocycles. The number of aryl methyl sites for hydroxylation is 1. The Bertz CT molecular complexity index is 351. The average Bonchev–Trinajstić information content (AvgIpc) is 2.49. The van der Waals surface area contributed by atoms with Crippen LogP contribution in [0.5, 0.6) is 0 Å². The molecule has 84 valence electrons. The van der Waals surface area contributed by atoms with Gasteiger partial charge in [0.05, 0.1) is 12.2 Å². The average molecular weight is 210 g/mol. The van der Waals surface area contributed by atoms with Crippen molar-refractivity contribution in [3.8, 4) is 0 Å². The minimum Gasteiger partial charge on any atom is -0.319 e. The summed E-state index contributed by atoms with van der Waals surface area (Å²) in [5, 5.41) is 9.24. The van der Waals surface area contributed by atoms with Crippen LogP contribution in [0.15, 0.2) is 6.20 Å². The molecule has 15 heavy (non-hydrogen) atoms. The van der Waals surface area contributed by atoms with Crippen LogP contribution >= 0.6 is 0 Å². The number of nitrogens with zero attached hydrogens (tertiary/aromatic N) is 1. The fourth-order valence-corrected chi connectivity index (χ4v) is 1.07. The summed E-state index contributed by atoms with van der Waals surface area (Å²) in [5.74, 6) is 0.412. The van der Waals surface area contributed by atoms with Crippen LogP contribution in [-0.4, -0.2) is 22.1 Å². The number of aromatic amines is 1. The Balaban J connectivity index is 2.69. The zero-order valence-corrected chi connectivity index (χ0v) is 9.59.